The molecule has 0 bridgehead atoms. The van der Waals surface area contributed by atoms with Gasteiger partial charge in [-0.2, -0.15) is 13.2 Å². The first kappa shape index (κ1) is 21.8. The van der Waals surface area contributed by atoms with Gasteiger partial charge in [0.25, 0.3) is 0 Å². The lowest BCUT2D eigenvalue weighted by Gasteiger charge is -2.26. The van der Waals surface area contributed by atoms with Crippen LogP contribution in [-0.2, 0) is 16.0 Å². The zero-order valence-electron chi connectivity index (χ0n) is 17.0. The molecule has 1 N–H and O–H groups in total. The molecule has 1 aromatic carbocycles. The second-order valence-corrected chi connectivity index (χ2v) is 8.91. The number of likely N-dealkylation sites (tertiary alicyclic amines) is 1. The first-order chi connectivity index (χ1) is 14.7. The maximum absolute atomic E-state index is 13.0. The number of aryl methyl sites for hydroxylation is 1. The predicted molar refractivity (Wildman–Crippen MR) is 112 cm³/mol. The molecule has 3 heterocycles. The second-order valence-electron chi connectivity index (χ2n) is 7.85. The topological polar surface area (TPSA) is 65.5 Å². The Morgan fingerprint density at radius 1 is 1.29 bits per heavy atom. The van der Waals surface area contributed by atoms with Crippen molar-refractivity contribution in [2.45, 2.75) is 38.4 Å². The average Bonchev–Trinajstić information content (AvgIpc) is 3.44. The molecule has 6 nitrogen and oxygen atoms in total. The Hall–Kier alpha value is -2.46. The Bertz CT molecular complexity index is 991. The van der Waals surface area contributed by atoms with Crippen molar-refractivity contribution in [1.29, 1.82) is 0 Å². The van der Waals surface area contributed by atoms with Crippen molar-refractivity contribution in [2.75, 3.05) is 31.1 Å². The number of amides is 2. The van der Waals surface area contributed by atoms with Crippen LogP contribution in [0.5, 0.6) is 0 Å². The number of halogens is 3. The number of rotatable bonds is 5. The van der Waals surface area contributed by atoms with Crippen LogP contribution in [-0.4, -0.2) is 60.1 Å². The van der Waals surface area contributed by atoms with Crippen LogP contribution < -0.4 is 10.2 Å². The molecule has 166 valence electrons. The van der Waals surface area contributed by atoms with E-state index in [0.29, 0.717) is 25.9 Å². The van der Waals surface area contributed by atoms with E-state index in [-0.39, 0.29) is 12.5 Å². The summed E-state index contributed by atoms with van der Waals surface area (Å²) in [5, 5.41) is 4.94. The minimum atomic E-state index is -4.45. The van der Waals surface area contributed by atoms with Crippen molar-refractivity contribution < 1.29 is 22.8 Å². The van der Waals surface area contributed by atoms with Gasteiger partial charge in [0, 0.05) is 23.2 Å². The molecular weight excluding hydrogens is 429 g/mol. The number of aromatic nitrogens is 1. The Kier molecular flexibility index (Phi) is 6.02. The van der Waals surface area contributed by atoms with Crippen LogP contribution in [0.3, 0.4) is 0 Å². The highest BCUT2D eigenvalue weighted by atomic mass is 32.1. The smallest absolute Gasteiger partial charge is 0.346 e. The Balaban J connectivity index is 1.41. The molecule has 0 aliphatic carbocycles. The van der Waals surface area contributed by atoms with Gasteiger partial charge in [0.1, 0.15) is 6.54 Å². The number of nitrogens with one attached hydrogen (secondary N) is 1. The molecule has 2 amide bonds. The molecular formula is C21H23F3N4O2S. The van der Waals surface area contributed by atoms with E-state index >= 15 is 0 Å². The van der Waals surface area contributed by atoms with Gasteiger partial charge in [0.2, 0.25) is 11.8 Å². The summed E-state index contributed by atoms with van der Waals surface area (Å²) in [6, 6.07) is 5.22. The molecule has 2 aromatic rings. The summed E-state index contributed by atoms with van der Waals surface area (Å²) in [6.07, 6.45) is -2.60. The van der Waals surface area contributed by atoms with Gasteiger partial charge in [-0.25, -0.2) is 4.98 Å². The summed E-state index contributed by atoms with van der Waals surface area (Å²) in [6.45, 7) is 1.67. The van der Waals surface area contributed by atoms with Crippen molar-refractivity contribution in [3.63, 3.8) is 0 Å². The molecule has 1 saturated heterocycles. The van der Waals surface area contributed by atoms with Crippen LogP contribution in [0, 0.1) is 6.92 Å². The van der Waals surface area contributed by atoms with Crippen LogP contribution >= 0.6 is 11.3 Å². The number of benzene rings is 1. The molecule has 2 aliphatic heterocycles. The van der Waals surface area contributed by atoms with E-state index in [0.717, 1.165) is 33.9 Å². The van der Waals surface area contributed by atoms with Crippen LogP contribution in [0.4, 0.5) is 18.9 Å². The van der Waals surface area contributed by atoms with E-state index in [2.05, 4.69) is 11.1 Å². The van der Waals surface area contributed by atoms with Crippen molar-refractivity contribution in [3.05, 3.63) is 34.2 Å². The lowest BCUT2D eigenvalue weighted by atomic mass is 10.1. The molecule has 0 saturated carbocycles. The SMILES string of the molecule is Cc1nc(-c2ccc3c(c2)CCN3C(=O)CN2CCCC2C(=O)NCC(F)(F)F)cs1. The highest BCUT2D eigenvalue weighted by Gasteiger charge is 2.36. The van der Waals surface area contributed by atoms with Gasteiger partial charge in [-0.05, 0) is 50.4 Å². The summed E-state index contributed by atoms with van der Waals surface area (Å²) in [7, 11) is 0. The first-order valence-corrected chi connectivity index (χ1v) is 11.0. The number of hydrogen-bond acceptors (Lipinski definition) is 5. The summed E-state index contributed by atoms with van der Waals surface area (Å²) in [5.41, 5.74) is 3.84. The van der Waals surface area contributed by atoms with Gasteiger partial charge in [-0.1, -0.05) is 6.07 Å². The molecule has 0 radical (unpaired) electrons. The first-order valence-electron chi connectivity index (χ1n) is 10.2. The molecule has 1 unspecified atom stereocenters. The van der Waals surface area contributed by atoms with Crippen LogP contribution in [0.1, 0.15) is 23.4 Å². The Morgan fingerprint density at radius 2 is 2.10 bits per heavy atom. The van der Waals surface area contributed by atoms with E-state index < -0.39 is 24.7 Å². The number of alkyl halides is 3. The zero-order valence-corrected chi connectivity index (χ0v) is 17.9. The zero-order chi connectivity index (χ0) is 22.2. The third kappa shape index (κ3) is 4.90. The van der Waals surface area contributed by atoms with Gasteiger partial charge in [0.05, 0.1) is 23.3 Å². The molecule has 10 heteroatoms. The van der Waals surface area contributed by atoms with Crippen LogP contribution in [0.15, 0.2) is 23.6 Å². The highest BCUT2D eigenvalue weighted by Crippen LogP contribution is 2.33. The van der Waals surface area contributed by atoms with Crippen LogP contribution in [0.2, 0.25) is 0 Å². The summed E-state index contributed by atoms with van der Waals surface area (Å²) >= 11 is 1.59. The largest absolute Gasteiger partial charge is 0.405 e. The highest BCUT2D eigenvalue weighted by molar-refractivity contribution is 7.09. The lowest BCUT2D eigenvalue weighted by Crippen LogP contribution is -2.49. The molecule has 1 atom stereocenters. The van der Waals surface area contributed by atoms with Crippen molar-refractivity contribution in [3.8, 4) is 11.3 Å². The molecule has 4 rings (SSSR count). The minimum Gasteiger partial charge on any atom is -0.346 e. The fraction of sp³-hybridized carbons (Fsp3) is 0.476. The average molecular weight is 453 g/mol. The maximum Gasteiger partial charge on any atom is 0.405 e. The molecule has 1 aromatic heterocycles. The van der Waals surface area contributed by atoms with Crippen LogP contribution in [0.25, 0.3) is 11.3 Å². The maximum atomic E-state index is 13.0. The summed E-state index contributed by atoms with van der Waals surface area (Å²) in [5.74, 6) is -0.820. The molecule has 1 fully saturated rings. The fourth-order valence-corrected chi connectivity index (χ4v) is 4.81. The Morgan fingerprint density at radius 3 is 2.81 bits per heavy atom. The molecule has 2 aliphatic rings. The van der Waals surface area contributed by atoms with Gasteiger partial charge in [-0.3, -0.25) is 14.5 Å². The lowest BCUT2D eigenvalue weighted by molar-refractivity contribution is -0.141. The monoisotopic (exact) mass is 452 g/mol. The second kappa shape index (κ2) is 8.58. The normalized spacial score (nSPS) is 19.0. The van der Waals surface area contributed by atoms with Crippen molar-refractivity contribution in [2.24, 2.45) is 0 Å². The number of fused-ring (bicyclic) bond motifs is 1. The number of nitrogens with zero attached hydrogens (tertiary/aromatic N) is 3. The van der Waals surface area contributed by atoms with Gasteiger partial charge >= 0.3 is 6.18 Å². The molecule has 0 spiro atoms. The third-order valence-electron chi connectivity index (χ3n) is 5.66. The number of hydrogen-bond donors (Lipinski definition) is 1. The Labute approximate surface area is 182 Å². The number of anilines is 1. The number of thiazole rings is 1. The van der Waals surface area contributed by atoms with E-state index in [1.807, 2.05) is 29.8 Å². The minimum absolute atomic E-state index is 0.0105. The van der Waals surface area contributed by atoms with Gasteiger partial charge < -0.3 is 10.2 Å². The van der Waals surface area contributed by atoms with Crippen molar-refractivity contribution >= 4 is 28.8 Å². The third-order valence-corrected chi connectivity index (χ3v) is 6.43. The van der Waals surface area contributed by atoms with E-state index in [1.165, 1.54) is 0 Å². The fourth-order valence-electron chi connectivity index (χ4n) is 4.19. The number of carbonyl (C=O) groups excluding carboxylic acids is 2. The van der Waals surface area contributed by atoms with Gasteiger partial charge in [-0.15, -0.1) is 11.3 Å². The summed E-state index contributed by atoms with van der Waals surface area (Å²) < 4.78 is 37.2. The van der Waals surface area contributed by atoms with Gasteiger partial charge in [0.15, 0.2) is 0 Å². The molecule has 31 heavy (non-hydrogen) atoms. The standard InChI is InChI=1S/C21H23F3N4O2S/c1-13-26-16(11-31-13)14-4-5-17-15(9-14)6-8-28(17)19(29)10-27-7-2-3-18(27)20(30)25-12-21(22,23)24/h4-5,9,11,18H,2-3,6-8,10,12H2,1H3,(H,25,30). The summed E-state index contributed by atoms with van der Waals surface area (Å²) in [4.78, 5) is 33.1. The van der Waals surface area contributed by atoms with E-state index in [4.69, 9.17) is 0 Å². The number of carbonyl (C=O) groups is 2. The van der Waals surface area contributed by atoms with Crippen molar-refractivity contribution in [1.82, 2.24) is 15.2 Å². The van der Waals surface area contributed by atoms with E-state index in [1.54, 1.807) is 21.1 Å². The quantitative estimate of drug-likeness (QED) is 0.757. The predicted octanol–water partition coefficient (Wildman–Crippen LogP) is 3.15. The van der Waals surface area contributed by atoms with E-state index in [9.17, 15) is 22.8 Å².